The fourth-order valence-corrected chi connectivity index (χ4v) is 5.32. The van der Waals surface area contributed by atoms with E-state index in [2.05, 4.69) is 16.0 Å². The van der Waals surface area contributed by atoms with Crippen molar-refractivity contribution in [1.82, 2.24) is 9.88 Å². The van der Waals surface area contributed by atoms with Gasteiger partial charge in [-0.15, -0.1) is 0 Å². The molecule has 5 rings (SSSR count). The van der Waals surface area contributed by atoms with E-state index in [1.807, 2.05) is 30.3 Å². The molecule has 36 heavy (non-hydrogen) atoms. The predicted octanol–water partition coefficient (Wildman–Crippen LogP) is 5.55. The summed E-state index contributed by atoms with van der Waals surface area (Å²) in [6.07, 6.45) is 6.73. The highest BCUT2D eigenvalue weighted by Gasteiger charge is 2.34. The van der Waals surface area contributed by atoms with Crippen LogP contribution in [-0.4, -0.2) is 39.7 Å². The van der Waals surface area contributed by atoms with Gasteiger partial charge in [0.05, 0.1) is 11.2 Å². The first kappa shape index (κ1) is 24.6. The van der Waals surface area contributed by atoms with E-state index in [1.165, 1.54) is 12.1 Å². The van der Waals surface area contributed by atoms with Gasteiger partial charge in [0.1, 0.15) is 11.6 Å². The van der Waals surface area contributed by atoms with Crippen LogP contribution in [-0.2, 0) is 17.6 Å². The number of aromatic nitrogens is 1. The van der Waals surface area contributed by atoms with Crippen LogP contribution >= 0.6 is 0 Å². The fraction of sp³-hybridized carbons (Fsp3) is 0.367. The number of halogens is 1. The molecular formula is C30H33FN2O3. The molecule has 2 aromatic carbocycles. The number of likely N-dealkylation sites (tertiary alicyclic amines) is 1. The van der Waals surface area contributed by atoms with Crippen LogP contribution in [0, 0.1) is 5.82 Å². The summed E-state index contributed by atoms with van der Waals surface area (Å²) in [5, 5.41) is 21.9. The number of hydrogen-bond acceptors (Lipinski definition) is 5. The van der Waals surface area contributed by atoms with E-state index in [0.29, 0.717) is 25.1 Å². The Labute approximate surface area is 211 Å². The molecular weight excluding hydrogens is 455 g/mol. The number of fused-ring (bicyclic) bond motifs is 2. The maximum absolute atomic E-state index is 13.3. The average molecular weight is 489 g/mol. The number of pyridine rings is 1. The first-order chi connectivity index (χ1) is 17.2. The van der Waals surface area contributed by atoms with Crippen LogP contribution in [0.2, 0.25) is 0 Å². The van der Waals surface area contributed by atoms with Gasteiger partial charge in [-0.3, -0.25) is 0 Å². The quantitative estimate of drug-likeness (QED) is 0.493. The van der Waals surface area contributed by atoms with Crippen molar-refractivity contribution < 1.29 is 19.3 Å². The standard InChI is InChI=1S/C30H33FN2O3/c1-29(2,34)26-8-3-9-27-25(26)20-21(24-7-4-16-32-28(24)36-27)6-5-17-33-18-14-30(35,15-19-33)22-10-12-23(31)13-11-22/h3-4,6-13,16,34-35H,5,14-15,17-20H2,1-2H3. The first-order valence-corrected chi connectivity index (χ1v) is 12.6. The SMILES string of the molecule is CC(C)(O)c1cccc2c1CC(=CCCN1CCC(O)(c3ccc(F)cc3)CC1)c1cccnc1O2. The molecule has 1 fully saturated rings. The maximum atomic E-state index is 13.3. The molecule has 0 unspecified atom stereocenters. The summed E-state index contributed by atoms with van der Waals surface area (Å²) >= 11 is 0. The van der Waals surface area contributed by atoms with Crippen molar-refractivity contribution >= 4 is 5.57 Å². The lowest BCUT2D eigenvalue weighted by Crippen LogP contribution is -2.42. The van der Waals surface area contributed by atoms with E-state index in [-0.39, 0.29) is 5.82 Å². The van der Waals surface area contributed by atoms with E-state index in [0.717, 1.165) is 59.6 Å². The van der Waals surface area contributed by atoms with Gasteiger partial charge < -0.3 is 19.8 Å². The number of nitrogens with zero attached hydrogens (tertiary/aromatic N) is 2. The van der Waals surface area contributed by atoms with Crippen LogP contribution in [0.5, 0.6) is 11.6 Å². The molecule has 0 spiro atoms. The molecule has 0 saturated carbocycles. The molecule has 0 amide bonds. The van der Waals surface area contributed by atoms with E-state index in [9.17, 15) is 14.6 Å². The zero-order chi connectivity index (χ0) is 25.3. The summed E-state index contributed by atoms with van der Waals surface area (Å²) in [7, 11) is 0. The Kier molecular flexibility index (Phi) is 6.68. The lowest BCUT2D eigenvalue weighted by molar-refractivity contribution is -0.0254. The van der Waals surface area contributed by atoms with E-state index in [4.69, 9.17) is 4.74 Å². The van der Waals surface area contributed by atoms with Crippen molar-refractivity contribution in [2.24, 2.45) is 0 Å². The van der Waals surface area contributed by atoms with Crippen molar-refractivity contribution in [1.29, 1.82) is 0 Å². The first-order valence-electron chi connectivity index (χ1n) is 12.6. The normalized spacial score (nSPS) is 18.8. The minimum Gasteiger partial charge on any atom is -0.438 e. The highest BCUT2D eigenvalue weighted by molar-refractivity contribution is 5.74. The number of aliphatic hydroxyl groups is 2. The van der Waals surface area contributed by atoms with E-state index in [1.54, 1.807) is 32.2 Å². The molecule has 2 N–H and O–H groups in total. The summed E-state index contributed by atoms with van der Waals surface area (Å²) in [4.78, 5) is 6.84. The highest BCUT2D eigenvalue weighted by atomic mass is 19.1. The van der Waals surface area contributed by atoms with Crippen molar-refractivity contribution in [3.05, 3.63) is 94.9 Å². The van der Waals surface area contributed by atoms with E-state index < -0.39 is 11.2 Å². The third-order valence-corrected chi connectivity index (χ3v) is 7.38. The van der Waals surface area contributed by atoms with Crippen molar-refractivity contribution in [3.8, 4) is 11.6 Å². The Morgan fingerprint density at radius 3 is 2.56 bits per heavy atom. The topological polar surface area (TPSA) is 65.8 Å². The molecule has 0 atom stereocenters. The predicted molar refractivity (Wildman–Crippen MR) is 138 cm³/mol. The Bertz CT molecular complexity index is 1260. The molecule has 1 saturated heterocycles. The second-order valence-corrected chi connectivity index (χ2v) is 10.4. The number of benzene rings is 2. The molecule has 6 heteroatoms. The zero-order valence-electron chi connectivity index (χ0n) is 20.9. The largest absolute Gasteiger partial charge is 0.438 e. The molecule has 188 valence electrons. The number of allylic oxidation sites excluding steroid dienone is 1. The molecule has 2 aliphatic heterocycles. The Morgan fingerprint density at radius 2 is 1.83 bits per heavy atom. The van der Waals surface area contributed by atoms with E-state index >= 15 is 0 Å². The van der Waals surface area contributed by atoms with Crippen LogP contribution in [0.15, 0.2) is 66.9 Å². The van der Waals surface area contributed by atoms with Gasteiger partial charge in [-0.05, 0) is 80.1 Å². The summed E-state index contributed by atoms with van der Waals surface area (Å²) in [5.41, 5.74) is 2.84. The van der Waals surface area contributed by atoms with Gasteiger partial charge in [0, 0.05) is 43.4 Å². The molecule has 0 aliphatic carbocycles. The maximum Gasteiger partial charge on any atom is 0.226 e. The third kappa shape index (κ3) is 5.07. The molecule has 3 heterocycles. The second-order valence-electron chi connectivity index (χ2n) is 10.4. The minimum atomic E-state index is -0.987. The zero-order valence-corrected chi connectivity index (χ0v) is 20.9. The van der Waals surface area contributed by atoms with Crippen LogP contribution < -0.4 is 4.74 Å². The minimum absolute atomic E-state index is 0.286. The fourth-order valence-electron chi connectivity index (χ4n) is 5.32. The van der Waals surface area contributed by atoms with Crippen molar-refractivity contribution in [2.45, 2.75) is 50.7 Å². The van der Waals surface area contributed by atoms with Gasteiger partial charge in [-0.2, -0.15) is 0 Å². The number of rotatable bonds is 5. The number of ether oxygens (including phenoxy) is 1. The van der Waals surface area contributed by atoms with Crippen LogP contribution in [0.3, 0.4) is 0 Å². The van der Waals surface area contributed by atoms with Crippen LogP contribution in [0.25, 0.3) is 5.57 Å². The smallest absolute Gasteiger partial charge is 0.226 e. The Morgan fingerprint density at radius 1 is 1.08 bits per heavy atom. The Hall–Kier alpha value is -3.06. The monoisotopic (exact) mass is 488 g/mol. The van der Waals surface area contributed by atoms with Gasteiger partial charge in [0.2, 0.25) is 5.88 Å². The van der Waals surface area contributed by atoms with Gasteiger partial charge in [0.15, 0.2) is 0 Å². The lowest BCUT2D eigenvalue weighted by atomic mass is 9.84. The van der Waals surface area contributed by atoms with Gasteiger partial charge in [-0.1, -0.05) is 30.3 Å². The molecule has 0 radical (unpaired) electrons. The van der Waals surface area contributed by atoms with Gasteiger partial charge in [0.25, 0.3) is 0 Å². The van der Waals surface area contributed by atoms with Gasteiger partial charge in [-0.25, -0.2) is 9.37 Å². The van der Waals surface area contributed by atoms with Crippen LogP contribution in [0.4, 0.5) is 4.39 Å². The number of piperidine rings is 1. The summed E-state index contributed by atoms with van der Waals surface area (Å²) in [5.74, 6) is 1.03. The second kappa shape index (κ2) is 9.77. The van der Waals surface area contributed by atoms with Crippen molar-refractivity contribution in [3.63, 3.8) is 0 Å². The van der Waals surface area contributed by atoms with Crippen LogP contribution in [0.1, 0.15) is 55.4 Å². The third-order valence-electron chi connectivity index (χ3n) is 7.38. The lowest BCUT2D eigenvalue weighted by Gasteiger charge is -2.38. The summed E-state index contributed by atoms with van der Waals surface area (Å²) in [6, 6.07) is 16.0. The highest BCUT2D eigenvalue weighted by Crippen LogP contribution is 2.41. The Balaban J connectivity index is 1.31. The summed E-state index contributed by atoms with van der Waals surface area (Å²) in [6.45, 7) is 6.03. The van der Waals surface area contributed by atoms with Gasteiger partial charge >= 0.3 is 0 Å². The molecule has 2 aliphatic rings. The molecule has 5 nitrogen and oxygen atoms in total. The summed E-state index contributed by atoms with van der Waals surface area (Å²) < 4.78 is 19.5. The average Bonchev–Trinajstić information content (AvgIpc) is 3.01. The molecule has 1 aromatic heterocycles. The molecule has 0 bridgehead atoms. The van der Waals surface area contributed by atoms with Crippen molar-refractivity contribution in [2.75, 3.05) is 19.6 Å². The number of hydrogen-bond donors (Lipinski definition) is 2. The molecule has 3 aromatic rings.